The molecule has 0 atom stereocenters. The van der Waals surface area contributed by atoms with Crippen molar-refractivity contribution in [2.24, 2.45) is 0 Å². The van der Waals surface area contributed by atoms with Crippen molar-refractivity contribution in [2.45, 2.75) is 6.92 Å². The summed E-state index contributed by atoms with van der Waals surface area (Å²) in [5.74, 6) is -0.280. The molecule has 11 heteroatoms. The van der Waals surface area contributed by atoms with Gasteiger partial charge in [0.1, 0.15) is 0 Å². The predicted molar refractivity (Wildman–Crippen MR) is 90.0 cm³/mol. The van der Waals surface area contributed by atoms with E-state index in [-0.39, 0.29) is 18.4 Å². The monoisotopic (exact) mass is 371 g/mol. The molecule has 0 saturated heterocycles. The zero-order valence-electron chi connectivity index (χ0n) is 14.3. The molecule has 0 aromatic heterocycles. The first kappa shape index (κ1) is 22.6. The van der Waals surface area contributed by atoms with Gasteiger partial charge in [-0.3, -0.25) is 14.5 Å². The van der Waals surface area contributed by atoms with Crippen molar-refractivity contribution in [3.8, 4) is 0 Å². The molecule has 0 radical (unpaired) electrons. The average Bonchev–Trinajstić information content (AvgIpc) is 2.53. The van der Waals surface area contributed by atoms with Gasteiger partial charge in [0.2, 0.25) is 11.8 Å². The molecule has 0 bridgehead atoms. The van der Waals surface area contributed by atoms with Gasteiger partial charge in [0, 0.05) is 48.5 Å². The lowest BCUT2D eigenvalue weighted by atomic mass is 10.5. The predicted octanol–water partition coefficient (Wildman–Crippen LogP) is 0.665. The van der Waals surface area contributed by atoms with Crippen LogP contribution in [0, 0.1) is 0 Å². The van der Waals surface area contributed by atoms with Crippen molar-refractivity contribution in [1.29, 1.82) is 0 Å². The second kappa shape index (κ2) is 14.0. The number of amides is 2. The molecule has 136 valence electrons. The molecular formula is C12H27N3O6P2. The maximum absolute atomic E-state index is 12.0. The topological polar surface area (TPSA) is 98.4 Å². The van der Waals surface area contributed by atoms with Crippen LogP contribution in [0.3, 0.4) is 0 Å². The van der Waals surface area contributed by atoms with Crippen molar-refractivity contribution in [2.75, 3.05) is 60.6 Å². The normalized spacial score (nSPS) is 11.3. The Kier molecular flexibility index (Phi) is 13.7. The lowest BCUT2D eigenvalue weighted by molar-refractivity contribution is -0.122. The van der Waals surface area contributed by atoms with Gasteiger partial charge in [-0.15, -0.1) is 0 Å². The van der Waals surface area contributed by atoms with Gasteiger partial charge in [-0.05, 0) is 0 Å². The molecule has 0 heterocycles. The van der Waals surface area contributed by atoms with Crippen LogP contribution in [0.1, 0.15) is 6.92 Å². The molecule has 0 saturated carbocycles. The molecule has 23 heavy (non-hydrogen) atoms. The number of hydrogen-bond acceptors (Lipinski definition) is 7. The Morgan fingerprint density at radius 1 is 0.870 bits per heavy atom. The molecule has 0 unspecified atom stereocenters. The van der Waals surface area contributed by atoms with Crippen molar-refractivity contribution in [3.63, 3.8) is 0 Å². The Morgan fingerprint density at radius 2 is 1.30 bits per heavy atom. The lowest BCUT2D eigenvalue weighted by Crippen LogP contribution is -2.40. The third-order valence-electron chi connectivity index (χ3n) is 2.63. The van der Waals surface area contributed by atoms with Gasteiger partial charge < -0.3 is 28.7 Å². The van der Waals surface area contributed by atoms with Crippen LogP contribution in [0.2, 0.25) is 0 Å². The maximum Gasteiger partial charge on any atom is 0.234 e. The number of nitrogens with zero attached hydrogens (tertiary/aromatic N) is 1. The highest BCUT2D eigenvalue weighted by molar-refractivity contribution is 7.48. The summed E-state index contributed by atoms with van der Waals surface area (Å²) < 4.78 is 20.9. The van der Waals surface area contributed by atoms with E-state index < -0.39 is 16.8 Å². The Labute approximate surface area is 140 Å². The Balaban J connectivity index is 4.41. The van der Waals surface area contributed by atoms with Gasteiger partial charge in [-0.2, -0.15) is 0 Å². The molecule has 0 aliphatic heterocycles. The molecule has 0 fully saturated rings. The van der Waals surface area contributed by atoms with E-state index in [0.717, 1.165) is 0 Å². The van der Waals surface area contributed by atoms with Crippen LogP contribution in [0.5, 0.6) is 0 Å². The van der Waals surface area contributed by atoms with Crippen LogP contribution in [0.15, 0.2) is 0 Å². The van der Waals surface area contributed by atoms with Crippen LogP contribution in [-0.2, 0) is 27.7 Å². The second-order valence-electron chi connectivity index (χ2n) is 4.34. The minimum Gasteiger partial charge on any atom is -0.355 e. The van der Waals surface area contributed by atoms with Crippen LogP contribution >= 0.6 is 16.8 Å². The summed E-state index contributed by atoms with van der Waals surface area (Å²) in [6.45, 7) is 2.36. The van der Waals surface area contributed by atoms with Gasteiger partial charge in [0.05, 0.1) is 19.1 Å². The fraction of sp³-hybridized carbons (Fsp3) is 0.833. The highest BCUT2D eigenvalue weighted by Gasteiger charge is 2.21. The molecule has 0 aromatic carbocycles. The molecule has 0 aliphatic rings. The molecule has 2 N–H and O–H groups in total. The van der Waals surface area contributed by atoms with Crippen molar-refractivity contribution >= 4 is 28.6 Å². The van der Waals surface area contributed by atoms with Crippen molar-refractivity contribution < 1.29 is 27.7 Å². The summed E-state index contributed by atoms with van der Waals surface area (Å²) in [5.41, 5.74) is 0. The molecule has 0 aromatic rings. The Morgan fingerprint density at radius 3 is 1.70 bits per heavy atom. The van der Waals surface area contributed by atoms with Crippen LogP contribution in [0.4, 0.5) is 0 Å². The van der Waals surface area contributed by atoms with E-state index >= 15 is 0 Å². The first-order valence-electron chi connectivity index (χ1n) is 6.91. The third kappa shape index (κ3) is 11.7. The first-order chi connectivity index (χ1) is 11.0. The molecular weight excluding hydrogens is 344 g/mol. The maximum atomic E-state index is 12.0. The molecule has 0 spiro atoms. The Hall–Kier alpha value is -0.400. The van der Waals surface area contributed by atoms with E-state index in [2.05, 4.69) is 10.6 Å². The minimum absolute atomic E-state index is 0.127. The van der Waals surface area contributed by atoms with E-state index in [9.17, 15) is 9.59 Å². The summed E-state index contributed by atoms with van der Waals surface area (Å²) in [7, 11) is 4.06. The quantitative estimate of drug-likeness (QED) is 0.363. The number of nitrogens with one attached hydrogen (secondary N) is 2. The summed E-state index contributed by atoms with van der Waals surface area (Å²) in [6.07, 6.45) is 0.931. The van der Waals surface area contributed by atoms with Gasteiger partial charge in [-0.1, -0.05) is 0 Å². The van der Waals surface area contributed by atoms with E-state index in [1.165, 1.54) is 6.92 Å². The SMILES string of the molecule is COP(CN(CC(=O)NCCNC(C)=O)CP(OC)OC)OC. The fourth-order valence-corrected chi connectivity index (χ4v) is 3.52. The largest absolute Gasteiger partial charge is 0.355 e. The van der Waals surface area contributed by atoms with Crippen molar-refractivity contribution in [3.05, 3.63) is 0 Å². The summed E-state index contributed by atoms with van der Waals surface area (Å²) in [6, 6.07) is 0. The van der Waals surface area contributed by atoms with E-state index in [0.29, 0.717) is 25.7 Å². The zero-order chi connectivity index (χ0) is 17.7. The number of hydrogen-bond donors (Lipinski definition) is 2. The standard InChI is InChI=1S/C12H27N3O6P2/c1-11(16)13-6-7-14-12(17)8-15(9-22(18-2)19-3)10-23(20-4)21-5/h6-10H2,1-5H3,(H,13,16)(H,14,17). The minimum atomic E-state index is -1.10. The van der Waals surface area contributed by atoms with Crippen molar-refractivity contribution in [1.82, 2.24) is 15.5 Å². The highest BCUT2D eigenvalue weighted by Crippen LogP contribution is 2.41. The molecule has 0 aliphatic carbocycles. The highest BCUT2D eigenvalue weighted by atomic mass is 31.2. The van der Waals surface area contributed by atoms with E-state index in [1.54, 1.807) is 28.4 Å². The van der Waals surface area contributed by atoms with Gasteiger partial charge >= 0.3 is 0 Å². The van der Waals surface area contributed by atoms with Crippen LogP contribution < -0.4 is 10.6 Å². The van der Waals surface area contributed by atoms with Gasteiger partial charge in [-0.25, -0.2) is 0 Å². The smallest absolute Gasteiger partial charge is 0.234 e. The van der Waals surface area contributed by atoms with E-state index in [1.807, 2.05) is 4.90 Å². The lowest BCUT2D eigenvalue weighted by Gasteiger charge is -2.26. The fourth-order valence-electron chi connectivity index (χ4n) is 1.55. The number of carbonyl (C=O) groups excluding carboxylic acids is 2. The first-order valence-corrected chi connectivity index (χ1v) is 9.64. The molecule has 2 amide bonds. The second-order valence-corrected chi connectivity index (χ2v) is 7.70. The summed E-state index contributed by atoms with van der Waals surface area (Å²) >= 11 is 0. The third-order valence-corrected chi connectivity index (χ3v) is 5.52. The van der Waals surface area contributed by atoms with Gasteiger partial charge in [0.15, 0.2) is 16.8 Å². The van der Waals surface area contributed by atoms with Crippen LogP contribution in [0.25, 0.3) is 0 Å². The zero-order valence-corrected chi connectivity index (χ0v) is 16.1. The molecule has 0 rings (SSSR count). The number of rotatable bonds is 13. The number of carbonyl (C=O) groups is 2. The average molecular weight is 371 g/mol. The Bertz CT molecular complexity index is 329. The van der Waals surface area contributed by atoms with Crippen LogP contribution in [-0.4, -0.2) is 77.4 Å². The summed E-state index contributed by atoms with van der Waals surface area (Å²) in [5, 5.41) is 5.36. The van der Waals surface area contributed by atoms with Gasteiger partial charge in [0.25, 0.3) is 0 Å². The summed E-state index contributed by atoms with van der Waals surface area (Å²) in [4.78, 5) is 24.6. The molecule has 9 nitrogen and oxygen atoms in total. The van der Waals surface area contributed by atoms with E-state index in [4.69, 9.17) is 18.1 Å².